The Morgan fingerprint density at radius 1 is 0.929 bits per heavy atom. The van der Waals surface area contributed by atoms with Gasteiger partial charge in [-0.05, 0) is 48.9 Å². The lowest BCUT2D eigenvalue weighted by atomic mass is 10.2. The molecule has 1 N–H and O–H groups in total. The molecule has 0 saturated carbocycles. The maximum absolute atomic E-state index is 12.6. The fourth-order valence-corrected chi connectivity index (χ4v) is 2.79. The van der Waals surface area contributed by atoms with Crippen LogP contribution >= 0.6 is 0 Å². The number of ether oxygens (including phenoxy) is 1. The van der Waals surface area contributed by atoms with E-state index in [4.69, 9.17) is 4.74 Å². The number of nitrogens with one attached hydrogen (secondary N) is 1. The first-order valence-corrected chi connectivity index (χ1v) is 8.99. The maximum atomic E-state index is 12.6. The fraction of sp³-hybridized carbons (Fsp3) is 0.130. The summed E-state index contributed by atoms with van der Waals surface area (Å²) in [4.78, 5) is 26.2. The molecule has 5 heteroatoms. The lowest BCUT2D eigenvalue weighted by Gasteiger charge is -2.21. The van der Waals surface area contributed by atoms with Crippen molar-refractivity contribution < 1.29 is 14.3 Å². The van der Waals surface area contributed by atoms with Gasteiger partial charge >= 0.3 is 0 Å². The van der Waals surface area contributed by atoms with Gasteiger partial charge in [-0.3, -0.25) is 9.59 Å². The second-order valence-electron chi connectivity index (χ2n) is 6.40. The zero-order chi connectivity index (χ0) is 19.9. The summed E-state index contributed by atoms with van der Waals surface area (Å²) in [5, 5.41) is 2.84. The van der Waals surface area contributed by atoms with Crippen molar-refractivity contribution in [3.05, 3.63) is 84.4 Å². The van der Waals surface area contributed by atoms with Crippen molar-refractivity contribution in [1.29, 1.82) is 0 Å². The minimum absolute atomic E-state index is 0.0849. The molecule has 2 amide bonds. The minimum atomic E-state index is -0.305. The zero-order valence-corrected chi connectivity index (χ0v) is 15.9. The van der Waals surface area contributed by atoms with Crippen LogP contribution in [0.4, 0.5) is 11.4 Å². The highest BCUT2D eigenvalue weighted by Crippen LogP contribution is 2.29. The Labute approximate surface area is 164 Å². The number of amides is 2. The van der Waals surface area contributed by atoms with Crippen molar-refractivity contribution >= 4 is 23.2 Å². The van der Waals surface area contributed by atoms with Gasteiger partial charge in [-0.15, -0.1) is 0 Å². The molecule has 0 bridgehead atoms. The average Bonchev–Trinajstić information content (AvgIpc) is 2.68. The third-order valence-electron chi connectivity index (χ3n) is 4.13. The highest BCUT2D eigenvalue weighted by atomic mass is 16.5. The van der Waals surface area contributed by atoms with Crippen LogP contribution in [0.25, 0.3) is 0 Å². The van der Waals surface area contributed by atoms with E-state index in [2.05, 4.69) is 5.32 Å². The van der Waals surface area contributed by atoms with E-state index in [1.165, 1.54) is 11.8 Å². The van der Waals surface area contributed by atoms with Crippen LogP contribution in [0.5, 0.6) is 11.5 Å². The summed E-state index contributed by atoms with van der Waals surface area (Å²) in [7, 11) is 0. The highest BCUT2D eigenvalue weighted by Gasteiger charge is 2.17. The monoisotopic (exact) mass is 374 g/mol. The molecule has 28 heavy (non-hydrogen) atoms. The summed E-state index contributed by atoms with van der Waals surface area (Å²) in [5.41, 5.74) is 2.26. The van der Waals surface area contributed by atoms with Crippen LogP contribution in [-0.4, -0.2) is 18.4 Å². The predicted octanol–water partition coefficient (Wildman–Crippen LogP) is 4.78. The Morgan fingerprint density at radius 3 is 2.36 bits per heavy atom. The molecule has 0 unspecified atom stereocenters. The van der Waals surface area contributed by atoms with Crippen LogP contribution in [0, 0.1) is 6.92 Å². The summed E-state index contributed by atoms with van der Waals surface area (Å²) < 4.78 is 5.87. The average molecular weight is 374 g/mol. The Morgan fingerprint density at radius 2 is 1.64 bits per heavy atom. The SMILES string of the molecule is CC(=O)N(CC(=O)Nc1ccccc1Oc1ccccc1)c1cccc(C)c1. The second-order valence-corrected chi connectivity index (χ2v) is 6.40. The molecule has 3 aromatic carbocycles. The lowest BCUT2D eigenvalue weighted by molar-refractivity contribution is -0.120. The van der Waals surface area contributed by atoms with Crippen LogP contribution in [-0.2, 0) is 9.59 Å². The molecular weight excluding hydrogens is 352 g/mol. The molecule has 0 fully saturated rings. The summed E-state index contributed by atoms with van der Waals surface area (Å²) in [6.45, 7) is 3.31. The van der Waals surface area contributed by atoms with Crippen molar-refractivity contribution in [3.63, 3.8) is 0 Å². The van der Waals surface area contributed by atoms with Gasteiger partial charge in [0.2, 0.25) is 11.8 Å². The Balaban J connectivity index is 1.74. The first-order valence-electron chi connectivity index (χ1n) is 8.99. The first-order chi connectivity index (χ1) is 13.5. The third-order valence-corrected chi connectivity index (χ3v) is 4.13. The molecule has 3 rings (SSSR count). The number of para-hydroxylation sites is 3. The van der Waals surface area contributed by atoms with E-state index in [9.17, 15) is 9.59 Å². The Kier molecular flexibility index (Phi) is 6.07. The summed E-state index contributed by atoms with van der Waals surface area (Å²) in [5.74, 6) is 0.705. The maximum Gasteiger partial charge on any atom is 0.244 e. The molecule has 0 heterocycles. The lowest BCUT2D eigenvalue weighted by Crippen LogP contribution is -2.36. The van der Waals surface area contributed by atoms with Gasteiger partial charge < -0.3 is 15.0 Å². The molecule has 0 spiro atoms. The molecular formula is C23H22N2O3. The van der Waals surface area contributed by atoms with Gasteiger partial charge in [0.05, 0.1) is 5.69 Å². The molecule has 0 aliphatic carbocycles. The number of carbonyl (C=O) groups is 2. The van der Waals surface area contributed by atoms with Gasteiger partial charge in [-0.25, -0.2) is 0 Å². The van der Waals surface area contributed by atoms with Gasteiger partial charge in [0.25, 0.3) is 0 Å². The second kappa shape index (κ2) is 8.86. The van der Waals surface area contributed by atoms with E-state index in [0.717, 1.165) is 5.56 Å². The van der Waals surface area contributed by atoms with Crippen LogP contribution in [0.15, 0.2) is 78.9 Å². The number of benzene rings is 3. The standard InChI is InChI=1S/C23H22N2O3/c1-17-9-8-10-19(15-17)25(18(2)26)16-23(27)24-21-13-6-7-14-22(21)28-20-11-4-3-5-12-20/h3-15H,16H2,1-2H3,(H,24,27). The summed E-state index contributed by atoms with van der Waals surface area (Å²) in [6.07, 6.45) is 0. The van der Waals surface area contributed by atoms with E-state index in [1.54, 1.807) is 12.1 Å². The number of anilines is 2. The largest absolute Gasteiger partial charge is 0.455 e. The Hall–Kier alpha value is -3.60. The minimum Gasteiger partial charge on any atom is -0.455 e. The van der Waals surface area contributed by atoms with E-state index in [0.29, 0.717) is 22.9 Å². The molecule has 0 aliphatic heterocycles. The first kappa shape index (κ1) is 19.2. The summed E-state index contributed by atoms with van der Waals surface area (Å²) >= 11 is 0. The molecule has 5 nitrogen and oxygen atoms in total. The van der Waals surface area contributed by atoms with E-state index in [-0.39, 0.29) is 18.4 Å². The Bertz CT molecular complexity index is 970. The molecule has 0 aromatic heterocycles. The number of hydrogen-bond acceptors (Lipinski definition) is 3. The number of hydrogen-bond donors (Lipinski definition) is 1. The number of rotatable bonds is 6. The fourth-order valence-electron chi connectivity index (χ4n) is 2.79. The summed E-state index contributed by atoms with van der Waals surface area (Å²) in [6, 6.07) is 24.0. The number of nitrogens with zero attached hydrogens (tertiary/aromatic N) is 1. The van der Waals surface area contributed by atoms with Crippen molar-refractivity contribution in [2.24, 2.45) is 0 Å². The smallest absolute Gasteiger partial charge is 0.244 e. The van der Waals surface area contributed by atoms with Crippen molar-refractivity contribution in [2.45, 2.75) is 13.8 Å². The van der Waals surface area contributed by atoms with Crippen LogP contribution in [0.3, 0.4) is 0 Å². The molecule has 0 aliphatic rings. The van der Waals surface area contributed by atoms with E-state index >= 15 is 0 Å². The quantitative estimate of drug-likeness (QED) is 0.675. The molecule has 0 radical (unpaired) electrons. The van der Waals surface area contributed by atoms with Crippen LogP contribution < -0.4 is 15.0 Å². The van der Waals surface area contributed by atoms with Crippen molar-refractivity contribution in [2.75, 3.05) is 16.8 Å². The topological polar surface area (TPSA) is 58.6 Å². The molecule has 0 saturated heterocycles. The van der Waals surface area contributed by atoms with Crippen molar-refractivity contribution in [1.82, 2.24) is 0 Å². The highest BCUT2D eigenvalue weighted by molar-refractivity contribution is 6.02. The van der Waals surface area contributed by atoms with Gasteiger partial charge in [0.15, 0.2) is 5.75 Å². The van der Waals surface area contributed by atoms with E-state index in [1.807, 2.05) is 73.7 Å². The normalized spacial score (nSPS) is 10.2. The van der Waals surface area contributed by atoms with Gasteiger partial charge in [0, 0.05) is 12.6 Å². The van der Waals surface area contributed by atoms with Crippen molar-refractivity contribution in [3.8, 4) is 11.5 Å². The predicted molar refractivity (Wildman–Crippen MR) is 111 cm³/mol. The number of aryl methyl sites for hydroxylation is 1. The molecule has 142 valence electrons. The van der Waals surface area contributed by atoms with E-state index < -0.39 is 0 Å². The number of carbonyl (C=O) groups excluding carboxylic acids is 2. The molecule has 0 atom stereocenters. The zero-order valence-electron chi connectivity index (χ0n) is 15.9. The van der Waals surface area contributed by atoms with Crippen LogP contribution in [0.2, 0.25) is 0 Å². The van der Waals surface area contributed by atoms with Crippen LogP contribution in [0.1, 0.15) is 12.5 Å². The third kappa shape index (κ3) is 4.98. The van der Waals surface area contributed by atoms with Gasteiger partial charge in [0.1, 0.15) is 12.3 Å². The van der Waals surface area contributed by atoms with Gasteiger partial charge in [-0.2, -0.15) is 0 Å². The van der Waals surface area contributed by atoms with Gasteiger partial charge in [-0.1, -0.05) is 42.5 Å². The molecule has 3 aromatic rings.